The van der Waals surface area contributed by atoms with Crippen LogP contribution in [0.4, 0.5) is 0 Å². The molecule has 0 fully saturated rings. The number of nitrogens with zero attached hydrogens (tertiary/aromatic N) is 2. The lowest BCUT2D eigenvalue weighted by Gasteiger charge is -2.26. The number of amides is 1. The molecule has 0 unspecified atom stereocenters. The van der Waals surface area contributed by atoms with Crippen LogP contribution in [0.3, 0.4) is 0 Å². The van der Waals surface area contributed by atoms with Gasteiger partial charge < -0.3 is 14.4 Å². The maximum atomic E-state index is 12.0. The van der Waals surface area contributed by atoms with E-state index in [0.717, 1.165) is 11.3 Å². The van der Waals surface area contributed by atoms with Crippen molar-refractivity contribution < 1.29 is 19.1 Å². The molecule has 1 aromatic carbocycles. The summed E-state index contributed by atoms with van der Waals surface area (Å²) in [6.07, 6.45) is 1.85. The van der Waals surface area contributed by atoms with Crippen LogP contribution in [-0.2, 0) is 32.1 Å². The Balaban J connectivity index is 1.89. The minimum Gasteiger partial charge on any atom is -0.458 e. The van der Waals surface area contributed by atoms with E-state index in [2.05, 4.69) is 4.98 Å². The maximum absolute atomic E-state index is 12.0. The highest BCUT2D eigenvalue weighted by Gasteiger charge is 2.19. The van der Waals surface area contributed by atoms with E-state index in [9.17, 15) is 9.59 Å². The lowest BCUT2D eigenvalue weighted by molar-refractivity contribution is -0.153. The second-order valence-corrected chi connectivity index (χ2v) is 6.27. The normalized spacial score (nSPS) is 11.6. The molecule has 144 valence electrons. The topological polar surface area (TPSA) is 68.7 Å². The number of rotatable bonds is 10. The van der Waals surface area contributed by atoms with Gasteiger partial charge >= 0.3 is 5.97 Å². The number of hydrogen-bond acceptors (Lipinski definition) is 5. The Labute approximate surface area is 160 Å². The monoisotopic (exact) mass is 370 g/mol. The van der Waals surface area contributed by atoms with Crippen LogP contribution in [-0.4, -0.2) is 47.6 Å². The van der Waals surface area contributed by atoms with Crippen molar-refractivity contribution in [1.82, 2.24) is 9.88 Å². The summed E-state index contributed by atoms with van der Waals surface area (Å²) in [5.41, 5.74) is 1.95. The number of aromatic nitrogens is 1. The number of carbonyl (C=O) groups is 2. The largest absolute Gasteiger partial charge is 0.458 e. The molecule has 1 atom stereocenters. The van der Waals surface area contributed by atoms with Crippen LogP contribution in [0.5, 0.6) is 0 Å². The predicted molar refractivity (Wildman–Crippen MR) is 102 cm³/mol. The van der Waals surface area contributed by atoms with Gasteiger partial charge in [0.25, 0.3) is 0 Å². The van der Waals surface area contributed by atoms with Crippen LogP contribution >= 0.6 is 0 Å². The number of pyridine rings is 1. The van der Waals surface area contributed by atoms with Gasteiger partial charge in [-0.05, 0) is 17.7 Å². The van der Waals surface area contributed by atoms with Gasteiger partial charge in [0.05, 0.1) is 19.8 Å². The smallest absolute Gasteiger partial charge is 0.303 e. The first-order valence-electron chi connectivity index (χ1n) is 8.99. The van der Waals surface area contributed by atoms with Crippen LogP contribution in [0.15, 0.2) is 54.7 Å². The van der Waals surface area contributed by atoms with Gasteiger partial charge in [0.1, 0.15) is 6.10 Å². The van der Waals surface area contributed by atoms with Gasteiger partial charge in [-0.3, -0.25) is 14.6 Å². The quantitative estimate of drug-likeness (QED) is 0.602. The Morgan fingerprint density at radius 1 is 1.07 bits per heavy atom. The fourth-order valence-corrected chi connectivity index (χ4v) is 2.66. The van der Waals surface area contributed by atoms with Crippen LogP contribution in [0.2, 0.25) is 0 Å². The maximum Gasteiger partial charge on any atom is 0.303 e. The Morgan fingerprint density at radius 3 is 2.44 bits per heavy atom. The van der Waals surface area contributed by atoms with Crippen LogP contribution in [0.25, 0.3) is 0 Å². The highest BCUT2D eigenvalue weighted by Crippen LogP contribution is 2.06. The van der Waals surface area contributed by atoms with Crippen molar-refractivity contribution in [3.05, 3.63) is 66.0 Å². The van der Waals surface area contributed by atoms with E-state index in [4.69, 9.17) is 9.47 Å². The average molecular weight is 370 g/mol. The minimum atomic E-state index is -0.515. The Hall–Kier alpha value is -2.73. The Bertz CT molecular complexity index is 707. The molecule has 0 aliphatic heterocycles. The number of carbonyl (C=O) groups excluding carboxylic acids is 2. The van der Waals surface area contributed by atoms with Gasteiger partial charge in [0.15, 0.2) is 0 Å². The standard InChI is InChI=1S/C21H26N2O4/c1-17(24)23(13-11-20-10-6-7-12-22-20)14-21(27-18(2)25)16-26-15-19-8-4-3-5-9-19/h3-10,12,21H,11,13-16H2,1-2H3/t21-/m1/s1. The number of hydrogen-bond donors (Lipinski definition) is 0. The zero-order valence-corrected chi connectivity index (χ0v) is 15.8. The molecule has 27 heavy (non-hydrogen) atoms. The molecule has 1 aromatic heterocycles. The molecular formula is C21H26N2O4. The number of esters is 1. The SMILES string of the molecule is CC(=O)O[C@@H](COCc1ccccc1)CN(CCc1ccccn1)C(C)=O. The first-order valence-corrected chi connectivity index (χ1v) is 8.99. The fraction of sp³-hybridized carbons (Fsp3) is 0.381. The highest BCUT2D eigenvalue weighted by atomic mass is 16.6. The van der Waals surface area contributed by atoms with Crippen LogP contribution < -0.4 is 0 Å². The molecular weight excluding hydrogens is 344 g/mol. The average Bonchev–Trinajstić information content (AvgIpc) is 2.66. The summed E-state index contributed by atoms with van der Waals surface area (Å²) in [6.45, 7) is 4.30. The summed E-state index contributed by atoms with van der Waals surface area (Å²) in [7, 11) is 0. The summed E-state index contributed by atoms with van der Waals surface area (Å²) >= 11 is 0. The first kappa shape index (κ1) is 20.6. The minimum absolute atomic E-state index is 0.0776. The summed E-state index contributed by atoms with van der Waals surface area (Å²) in [5, 5.41) is 0. The predicted octanol–water partition coefficient (Wildman–Crippen LogP) is 2.62. The highest BCUT2D eigenvalue weighted by molar-refractivity contribution is 5.73. The van der Waals surface area contributed by atoms with E-state index in [-0.39, 0.29) is 19.1 Å². The molecule has 0 radical (unpaired) electrons. The summed E-state index contributed by atoms with van der Waals surface area (Å²) in [6, 6.07) is 15.5. The van der Waals surface area contributed by atoms with Gasteiger partial charge in [-0.15, -0.1) is 0 Å². The van der Waals surface area contributed by atoms with E-state index < -0.39 is 12.1 Å². The molecule has 0 saturated carbocycles. The van der Waals surface area contributed by atoms with Crippen molar-refractivity contribution in [3.8, 4) is 0 Å². The Kier molecular flexibility index (Phi) is 8.45. The second-order valence-electron chi connectivity index (χ2n) is 6.27. The fourth-order valence-electron chi connectivity index (χ4n) is 2.66. The lowest BCUT2D eigenvalue weighted by Crippen LogP contribution is -2.41. The summed E-state index contributed by atoms with van der Waals surface area (Å²) < 4.78 is 11.0. The lowest BCUT2D eigenvalue weighted by atomic mass is 10.2. The van der Waals surface area contributed by atoms with Crippen molar-refractivity contribution in [2.45, 2.75) is 33.0 Å². The van der Waals surface area contributed by atoms with Gasteiger partial charge in [-0.2, -0.15) is 0 Å². The second kappa shape index (κ2) is 11.1. The van der Waals surface area contributed by atoms with E-state index in [0.29, 0.717) is 19.6 Å². The zero-order chi connectivity index (χ0) is 19.5. The van der Waals surface area contributed by atoms with Crippen molar-refractivity contribution in [3.63, 3.8) is 0 Å². The molecule has 0 aliphatic carbocycles. The molecule has 6 heteroatoms. The van der Waals surface area contributed by atoms with Gasteiger partial charge in [0, 0.05) is 38.7 Å². The Morgan fingerprint density at radius 2 is 1.81 bits per heavy atom. The van der Waals surface area contributed by atoms with Crippen molar-refractivity contribution in [1.29, 1.82) is 0 Å². The van der Waals surface area contributed by atoms with Gasteiger partial charge in [-0.1, -0.05) is 36.4 Å². The van der Waals surface area contributed by atoms with E-state index in [1.807, 2.05) is 48.5 Å². The zero-order valence-electron chi connectivity index (χ0n) is 15.8. The first-order chi connectivity index (χ1) is 13.0. The van der Waals surface area contributed by atoms with Crippen molar-refractivity contribution in [2.24, 2.45) is 0 Å². The molecule has 1 heterocycles. The van der Waals surface area contributed by atoms with Crippen LogP contribution in [0.1, 0.15) is 25.1 Å². The van der Waals surface area contributed by atoms with Crippen LogP contribution in [0, 0.1) is 0 Å². The third kappa shape index (κ3) is 8.00. The molecule has 0 aliphatic rings. The van der Waals surface area contributed by atoms with Crippen molar-refractivity contribution >= 4 is 11.9 Å². The molecule has 0 saturated heterocycles. The third-order valence-corrected chi connectivity index (χ3v) is 3.98. The molecule has 0 bridgehead atoms. The third-order valence-electron chi connectivity index (χ3n) is 3.98. The molecule has 0 spiro atoms. The molecule has 6 nitrogen and oxygen atoms in total. The summed E-state index contributed by atoms with van der Waals surface area (Å²) in [5.74, 6) is -0.470. The molecule has 2 rings (SSSR count). The molecule has 2 aromatic rings. The number of benzene rings is 1. The van der Waals surface area contributed by atoms with Gasteiger partial charge in [0.2, 0.25) is 5.91 Å². The van der Waals surface area contributed by atoms with Crippen molar-refractivity contribution in [2.75, 3.05) is 19.7 Å². The van der Waals surface area contributed by atoms with E-state index >= 15 is 0 Å². The van der Waals surface area contributed by atoms with E-state index in [1.165, 1.54) is 13.8 Å². The number of ether oxygens (including phenoxy) is 2. The molecule has 1 amide bonds. The summed E-state index contributed by atoms with van der Waals surface area (Å²) in [4.78, 5) is 29.4. The van der Waals surface area contributed by atoms with E-state index in [1.54, 1.807) is 11.1 Å². The van der Waals surface area contributed by atoms with Gasteiger partial charge in [-0.25, -0.2) is 0 Å². The molecule has 0 N–H and O–H groups in total.